The molecule has 1 spiro atoms. The van der Waals surface area contributed by atoms with E-state index in [1.54, 1.807) is 28.9 Å². The Morgan fingerprint density at radius 1 is 1.29 bits per heavy atom. The van der Waals surface area contributed by atoms with Crippen LogP contribution >= 0.6 is 11.6 Å². The van der Waals surface area contributed by atoms with Crippen LogP contribution in [0.3, 0.4) is 0 Å². The van der Waals surface area contributed by atoms with E-state index in [0.29, 0.717) is 24.2 Å². The van der Waals surface area contributed by atoms with Crippen LogP contribution < -0.4 is 4.74 Å². The van der Waals surface area contributed by atoms with Crippen molar-refractivity contribution in [2.24, 2.45) is 10.8 Å². The van der Waals surface area contributed by atoms with Gasteiger partial charge in [-0.15, -0.1) is 5.10 Å². The molecule has 11 heteroatoms. The largest absolute Gasteiger partial charge is 0.477 e. The Balaban J connectivity index is 1.16. The molecule has 0 unspecified atom stereocenters. The van der Waals surface area contributed by atoms with Crippen LogP contribution in [0.2, 0.25) is 5.28 Å². The fraction of sp³-hybridized carbons (Fsp3) is 0.600. The summed E-state index contributed by atoms with van der Waals surface area (Å²) < 4.78 is 46.3. The molecule has 1 aliphatic heterocycles. The zero-order chi connectivity index (χ0) is 22.0. The van der Waals surface area contributed by atoms with Crippen molar-refractivity contribution in [2.75, 3.05) is 19.7 Å². The normalized spacial score (nSPS) is 21.5. The van der Waals surface area contributed by atoms with Gasteiger partial charge in [0.1, 0.15) is 18.3 Å². The fourth-order valence-electron chi connectivity index (χ4n) is 4.60. The minimum absolute atomic E-state index is 0.0770. The third-order valence-corrected chi connectivity index (χ3v) is 6.92. The summed E-state index contributed by atoms with van der Waals surface area (Å²) >= 11 is 5.77. The molecule has 0 bridgehead atoms. The minimum Gasteiger partial charge on any atom is -0.477 e. The van der Waals surface area contributed by atoms with Gasteiger partial charge in [-0.3, -0.25) is 4.79 Å². The molecule has 0 atom stereocenters. The lowest BCUT2D eigenvalue weighted by molar-refractivity contribution is -0.194. The number of ether oxygens (including phenoxy) is 1. The number of hydrogen-bond acceptors (Lipinski definition) is 5. The number of likely N-dealkylation sites (tertiary alicyclic amines) is 1. The standard InChI is InChI=1S/C20H21ClF3N5O2/c1-12-4-13(7-25-15(12)31-10-19(2-3-19)20(22,23)24)16(30)28-8-18(9-28)5-14(6-18)29-11-26-17(21)27-29/h4,7,11,14H,2-3,5-6,8-10H2,1H3. The molecule has 7 nitrogen and oxygen atoms in total. The van der Waals surface area contributed by atoms with Crippen LogP contribution in [0.15, 0.2) is 18.6 Å². The molecule has 166 valence electrons. The molecule has 5 rings (SSSR count). The third kappa shape index (κ3) is 3.54. The lowest BCUT2D eigenvalue weighted by Gasteiger charge is -2.58. The Kier molecular flexibility index (Phi) is 4.52. The zero-order valence-corrected chi connectivity index (χ0v) is 17.6. The number of pyridine rings is 1. The summed E-state index contributed by atoms with van der Waals surface area (Å²) in [7, 11) is 0. The van der Waals surface area contributed by atoms with Crippen molar-refractivity contribution in [3.8, 4) is 5.88 Å². The molecule has 0 N–H and O–H groups in total. The molecule has 2 aromatic heterocycles. The quantitative estimate of drug-likeness (QED) is 0.685. The topological polar surface area (TPSA) is 73.1 Å². The summed E-state index contributed by atoms with van der Waals surface area (Å²) in [4.78, 5) is 22.6. The number of halogens is 4. The van der Waals surface area contributed by atoms with Gasteiger partial charge in [0.2, 0.25) is 11.2 Å². The Labute approximate surface area is 181 Å². The molecule has 0 aromatic carbocycles. The molecule has 3 aliphatic rings. The highest BCUT2D eigenvalue weighted by molar-refractivity contribution is 6.28. The monoisotopic (exact) mass is 455 g/mol. The first-order valence-electron chi connectivity index (χ1n) is 10.1. The number of aromatic nitrogens is 4. The van der Waals surface area contributed by atoms with Crippen molar-refractivity contribution in [2.45, 2.75) is 44.8 Å². The summed E-state index contributed by atoms with van der Waals surface area (Å²) in [5, 5.41) is 4.36. The second kappa shape index (κ2) is 6.82. The Morgan fingerprint density at radius 3 is 2.55 bits per heavy atom. The van der Waals surface area contributed by atoms with E-state index in [9.17, 15) is 18.0 Å². The maximum absolute atomic E-state index is 13.1. The third-order valence-electron chi connectivity index (χ3n) is 6.75. The van der Waals surface area contributed by atoms with Gasteiger partial charge in [0, 0.05) is 30.3 Å². The summed E-state index contributed by atoms with van der Waals surface area (Å²) in [6.45, 7) is 2.57. The van der Waals surface area contributed by atoms with Gasteiger partial charge in [-0.1, -0.05) is 0 Å². The molecule has 1 amide bonds. The number of carbonyl (C=O) groups excluding carboxylic acids is 1. The number of nitrogens with zero attached hydrogens (tertiary/aromatic N) is 5. The number of rotatable bonds is 5. The van der Waals surface area contributed by atoms with E-state index >= 15 is 0 Å². The molecule has 2 aromatic rings. The van der Waals surface area contributed by atoms with Crippen LogP contribution in [0.5, 0.6) is 5.88 Å². The molecule has 2 aliphatic carbocycles. The number of hydrogen-bond donors (Lipinski definition) is 0. The predicted octanol–water partition coefficient (Wildman–Crippen LogP) is 3.83. The van der Waals surface area contributed by atoms with Gasteiger partial charge in [-0.05, 0) is 50.3 Å². The zero-order valence-electron chi connectivity index (χ0n) is 16.8. The molecule has 31 heavy (non-hydrogen) atoms. The molecule has 0 radical (unpaired) electrons. The fourth-order valence-corrected chi connectivity index (χ4v) is 4.73. The highest BCUT2D eigenvalue weighted by Crippen LogP contribution is 2.57. The van der Waals surface area contributed by atoms with Gasteiger partial charge < -0.3 is 9.64 Å². The van der Waals surface area contributed by atoms with E-state index in [-0.39, 0.29) is 41.4 Å². The van der Waals surface area contributed by atoms with Crippen molar-refractivity contribution >= 4 is 17.5 Å². The van der Waals surface area contributed by atoms with Gasteiger partial charge in [-0.2, -0.15) is 13.2 Å². The summed E-state index contributed by atoms with van der Waals surface area (Å²) in [6.07, 6.45) is 0.721. The smallest absolute Gasteiger partial charge is 0.397 e. The Bertz CT molecular complexity index is 1020. The number of aryl methyl sites for hydroxylation is 1. The van der Waals surface area contributed by atoms with Gasteiger partial charge in [0.25, 0.3) is 5.91 Å². The van der Waals surface area contributed by atoms with E-state index in [0.717, 1.165) is 12.8 Å². The lowest BCUT2D eigenvalue weighted by Crippen LogP contribution is -2.63. The van der Waals surface area contributed by atoms with Gasteiger partial charge in [0.05, 0.1) is 11.6 Å². The molecular weight excluding hydrogens is 435 g/mol. The van der Waals surface area contributed by atoms with E-state index in [1.807, 2.05) is 0 Å². The molecule has 3 heterocycles. The lowest BCUT2D eigenvalue weighted by atomic mass is 9.60. The number of carbonyl (C=O) groups is 1. The van der Waals surface area contributed by atoms with Crippen LogP contribution in [0, 0.1) is 17.8 Å². The summed E-state index contributed by atoms with van der Waals surface area (Å²) in [5.41, 5.74) is -0.679. The second-order valence-electron chi connectivity index (χ2n) is 9.13. The molecule has 2 saturated carbocycles. The van der Waals surface area contributed by atoms with Crippen molar-refractivity contribution in [1.29, 1.82) is 0 Å². The van der Waals surface area contributed by atoms with Crippen LogP contribution in [0.1, 0.15) is 47.6 Å². The van der Waals surface area contributed by atoms with Crippen LogP contribution in [-0.4, -0.2) is 56.4 Å². The maximum atomic E-state index is 13.1. The average Bonchev–Trinajstić information content (AvgIpc) is 3.33. The predicted molar refractivity (Wildman–Crippen MR) is 104 cm³/mol. The summed E-state index contributed by atoms with van der Waals surface area (Å²) in [5.74, 6) is 0.00876. The highest BCUT2D eigenvalue weighted by atomic mass is 35.5. The van der Waals surface area contributed by atoms with Crippen molar-refractivity contribution < 1.29 is 22.7 Å². The van der Waals surface area contributed by atoms with Crippen LogP contribution in [-0.2, 0) is 0 Å². The van der Waals surface area contributed by atoms with Gasteiger partial charge >= 0.3 is 6.18 Å². The molecular formula is C20H21ClF3N5O2. The Hall–Kier alpha value is -2.36. The van der Waals surface area contributed by atoms with E-state index in [4.69, 9.17) is 16.3 Å². The van der Waals surface area contributed by atoms with E-state index in [1.165, 1.54) is 6.20 Å². The van der Waals surface area contributed by atoms with Crippen LogP contribution in [0.4, 0.5) is 13.2 Å². The van der Waals surface area contributed by atoms with Gasteiger partial charge in [-0.25, -0.2) is 14.6 Å². The van der Waals surface area contributed by atoms with Gasteiger partial charge in [0.15, 0.2) is 0 Å². The van der Waals surface area contributed by atoms with Crippen molar-refractivity contribution in [3.63, 3.8) is 0 Å². The highest BCUT2D eigenvalue weighted by Gasteiger charge is 2.64. The second-order valence-corrected chi connectivity index (χ2v) is 9.47. The van der Waals surface area contributed by atoms with Crippen LogP contribution in [0.25, 0.3) is 0 Å². The first-order valence-corrected chi connectivity index (χ1v) is 10.5. The van der Waals surface area contributed by atoms with E-state index < -0.39 is 18.2 Å². The number of amides is 1. The van der Waals surface area contributed by atoms with E-state index in [2.05, 4.69) is 15.1 Å². The average molecular weight is 456 g/mol. The maximum Gasteiger partial charge on any atom is 0.397 e. The molecule has 1 saturated heterocycles. The molecule has 3 fully saturated rings. The first-order chi connectivity index (χ1) is 14.6. The summed E-state index contributed by atoms with van der Waals surface area (Å²) in [6, 6.07) is 1.88. The minimum atomic E-state index is -4.27. The Morgan fingerprint density at radius 2 is 2.00 bits per heavy atom. The van der Waals surface area contributed by atoms with Crippen molar-refractivity contribution in [1.82, 2.24) is 24.6 Å². The van der Waals surface area contributed by atoms with Crippen molar-refractivity contribution in [3.05, 3.63) is 35.0 Å². The first kappa shape index (κ1) is 20.5. The SMILES string of the molecule is Cc1cc(C(=O)N2CC3(CC(n4cnc(Cl)n4)C3)C2)cnc1OCC1(C(F)(F)F)CC1. The number of alkyl halides is 3.